The normalized spacial score (nSPS) is 9.67. The summed E-state index contributed by atoms with van der Waals surface area (Å²) < 4.78 is 0. The van der Waals surface area contributed by atoms with E-state index in [-0.39, 0.29) is 5.91 Å². The predicted molar refractivity (Wildman–Crippen MR) is 74.2 cm³/mol. The van der Waals surface area contributed by atoms with Crippen molar-refractivity contribution >= 4 is 16.7 Å². The van der Waals surface area contributed by atoms with Crippen LogP contribution in [0.4, 0.5) is 0 Å². The number of carbonyl (C=O) groups excluding carboxylic acids is 1. The molecule has 0 unspecified atom stereocenters. The van der Waals surface area contributed by atoms with Gasteiger partial charge in [-0.3, -0.25) is 4.79 Å². The van der Waals surface area contributed by atoms with Crippen LogP contribution in [0.3, 0.4) is 0 Å². The highest BCUT2D eigenvalue weighted by Gasteiger charge is 2.00. The molecule has 18 heavy (non-hydrogen) atoms. The fourth-order valence-electron chi connectivity index (χ4n) is 1.87. The van der Waals surface area contributed by atoms with Gasteiger partial charge in [-0.05, 0) is 29.3 Å². The number of carbonyl (C=O) groups is 1. The van der Waals surface area contributed by atoms with E-state index in [2.05, 4.69) is 42.3 Å². The first-order valence-corrected chi connectivity index (χ1v) is 5.90. The van der Waals surface area contributed by atoms with Crippen LogP contribution in [-0.4, -0.2) is 12.5 Å². The van der Waals surface area contributed by atoms with E-state index in [1.165, 1.54) is 17.9 Å². The maximum absolute atomic E-state index is 10.7. The van der Waals surface area contributed by atoms with Gasteiger partial charge < -0.3 is 5.32 Å². The molecule has 2 nitrogen and oxygen atoms in total. The van der Waals surface area contributed by atoms with Crippen molar-refractivity contribution in [3.8, 4) is 11.8 Å². The van der Waals surface area contributed by atoms with E-state index >= 15 is 0 Å². The average Bonchev–Trinajstić information content (AvgIpc) is 2.37. The SMILES string of the molecule is CC(=O)NCC#Cc1ccc(C)c2ccccc12. The minimum atomic E-state index is -0.0573. The Morgan fingerprint density at radius 2 is 1.89 bits per heavy atom. The van der Waals surface area contributed by atoms with E-state index in [0.29, 0.717) is 6.54 Å². The molecule has 0 fully saturated rings. The Morgan fingerprint density at radius 1 is 1.17 bits per heavy atom. The van der Waals surface area contributed by atoms with Crippen molar-refractivity contribution in [2.75, 3.05) is 6.54 Å². The number of amides is 1. The van der Waals surface area contributed by atoms with Crippen molar-refractivity contribution in [2.45, 2.75) is 13.8 Å². The average molecular weight is 237 g/mol. The summed E-state index contributed by atoms with van der Waals surface area (Å²) in [6.45, 7) is 3.97. The Morgan fingerprint density at radius 3 is 2.61 bits per heavy atom. The van der Waals surface area contributed by atoms with Crippen molar-refractivity contribution in [2.24, 2.45) is 0 Å². The number of hydrogen-bond acceptors (Lipinski definition) is 1. The molecule has 0 atom stereocenters. The molecule has 0 bridgehead atoms. The number of nitrogens with one attached hydrogen (secondary N) is 1. The Labute approximate surface area is 107 Å². The zero-order valence-corrected chi connectivity index (χ0v) is 10.6. The van der Waals surface area contributed by atoms with Gasteiger partial charge in [0.2, 0.25) is 5.91 Å². The maximum atomic E-state index is 10.7. The molecule has 0 aliphatic heterocycles. The molecule has 2 aromatic carbocycles. The van der Waals surface area contributed by atoms with E-state index in [0.717, 1.165) is 10.9 Å². The summed E-state index contributed by atoms with van der Waals surface area (Å²) in [6.07, 6.45) is 0. The van der Waals surface area contributed by atoms with Gasteiger partial charge in [-0.15, -0.1) is 0 Å². The highest BCUT2D eigenvalue weighted by Crippen LogP contribution is 2.21. The van der Waals surface area contributed by atoms with Crippen molar-refractivity contribution in [1.82, 2.24) is 5.32 Å². The molecule has 0 saturated carbocycles. The summed E-state index contributed by atoms with van der Waals surface area (Å²) in [5, 5.41) is 5.05. The van der Waals surface area contributed by atoms with Crippen LogP contribution in [0.1, 0.15) is 18.1 Å². The standard InChI is InChI=1S/C16H15NO/c1-12-9-10-14(6-5-11-17-13(2)18)16-8-4-3-7-15(12)16/h3-4,7-10H,11H2,1-2H3,(H,17,18). The van der Waals surface area contributed by atoms with Crippen LogP contribution >= 0.6 is 0 Å². The summed E-state index contributed by atoms with van der Waals surface area (Å²) in [4.78, 5) is 10.7. The van der Waals surface area contributed by atoms with Crippen LogP contribution in [0.5, 0.6) is 0 Å². The molecule has 0 aliphatic rings. The number of rotatable bonds is 1. The Balaban J connectivity index is 2.34. The van der Waals surface area contributed by atoms with Crippen LogP contribution in [-0.2, 0) is 4.79 Å². The van der Waals surface area contributed by atoms with Crippen LogP contribution in [0, 0.1) is 18.8 Å². The lowest BCUT2D eigenvalue weighted by molar-refractivity contribution is -0.118. The third kappa shape index (κ3) is 2.70. The Bertz CT molecular complexity index is 647. The first-order chi connectivity index (χ1) is 8.68. The molecular weight excluding hydrogens is 222 g/mol. The number of benzene rings is 2. The van der Waals surface area contributed by atoms with Gasteiger partial charge in [0.25, 0.3) is 0 Å². The lowest BCUT2D eigenvalue weighted by Gasteiger charge is -2.03. The van der Waals surface area contributed by atoms with Gasteiger partial charge in [0.05, 0.1) is 6.54 Å². The van der Waals surface area contributed by atoms with Gasteiger partial charge in [0.15, 0.2) is 0 Å². The van der Waals surface area contributed by atoms with Gasteiger partial charge in [0.1, 0.15) is 0 Å². The Kier molecular flexibility index (Phi) is 3.64. The number of fused-ring (bicyclic) bond motifs is 1. The lowest BCUT2D eigenvalue weighted by atomic mass is 10.0. The summed E-state index contributed by atoms with van der Waals surface area (Å²) in [5.41, 5.74) is 2.25. The Hall–Kier alpha value is -2.27. The largest absolute Gasteiger partial charge is 0.345 e. The third-order valence-corrected chi connectivity index (χ3v) is 2.79. The molecule has 0 heterocycles. The lowest BCUT2D eigenvalue weighted by Crippen LogP contribution is -2.19. The molecule has 0 spiro atoms. The maximum Gasteiger partial charge on any atom is 0.217 e. The predicted octanol–water partition coefficient (Wildman–Crippen LogP) is 2.64. The molecule has 1 amide bonds. The van der Waals surface area contributed by atoms with Crippen LogP contribution in [0.15, 0.2) is 36.4 Å². The second kappa shape index (κ2) is 5.37. The van der Waals surface area contributed by atoms with E-state index < -0.39 is 0 Å². The monoisotopic (exact) mass is 237 g/mol. The molecule has 2 heteroatoms. The molecule has 0 aromatic heterocycles. The minimum absolute atomic E-state index is 0.0573. The summed E-state index contributed by atoms with van der Waals surface area (Å²) >= 11 is 0. The number of hydrogen-bond donors (Lipinski definition) is 1. The molecule has 2 aromatic rings. The zero-order valence-electron chi connectivity index (χ0n) is 10.6. The first-order valence-electron chi connectivity index (χ1n) is 5.90. The fourth-order valence-corrected chi connectivity index (χ4v) is 1.87. The zero-order chi connectivity index (χ0) is 13.0. The van der Waals surface area contributed by atoms with Crippen LogP contribution < -0.4 is 5.32 Å². The summed E-state index contributed by atoms with van der Waals surface area (Å²) in [7, 11) is 0. The van der Waals surface area contributed by atoms with Crippen molar-refractivity contribution < 1.29 is 4.79 Å². The van der Waals surface area contributed by atoms with Gasteiger partial charge in [-0.2, -0.15) is 0 Å². The highest BCUT2D eigenvalue weighted by atomic mass is 16.1. The second-order valence-corrected chi connectivity index (χ2v) is 4.19. The van der Waals surface area contributed by atoms with E-state index in [1.54, 1.807) is 0 Å². The van der Waals surface area contributed by atoms with Crippen molar-refractivity contribution in [3.63, 3.8) is 0 Å². The highest BCUT2D eigenvalue weighted by molar-refractivity contribution is 5.90. The van der Waals surface area contributed by atoms with E-state index in [1.807, 2.05) is 18.2 Å². The summed E-state index contributed by atoms with van der Waals surface area (Å²) in [5.74, 6) is 6.01. The molecule has 0 radical (unpaired) electrons. The van der Waals surface area contributed by atoms with E-state index in [9.17, 15) is 4.79 Å². The quantitative estimate of drug-likeness (QED) is 0.759. The minimum Gasteiger partial charge on any atom is -0.345 e. The molecule has 2 rings (SSSR count). The topological polar surface area (TPSA) is 29.1 Å². The third-order valence-electron chi connectivity index (χ3n) is 2.79. The fraction of sp³-hybridized carbons (Fsp3) is 0.188. The molecule has 1 N–H and O–H groups in total. The smallest absolute Gasteiger partial charge is 0.217 e. The van der Waals surface area contributed by atoms with Crippen molar-refractivity contribution in [3.05, 3.63) is 47.5 Å². The molecular formula is C16H15NO. The van der Waals surface area contributed by atoms with Crippen molar-refractivity contribution in [1.29, 1.82) is 0 Å². The molecule has 0 aliphatic carbocycles. The van der Waals surface area contributed by atoms with Gasteiger partial charge in [0, 0.05) is 12.5 Å². The summed E-state index contributed by atoms with van der Waals surface area (Å²) in [6, 6.07) is 12.3. The van der Waals surface area contributed by atoms with Gasteiger partial charge in [-0.1, -0.05) is 42.2 Å². The first kappa shape index (κ1) is 12.2. The second-order valence-electron chi connectivity index (χ2n) is 4.19. The van der Waals surface area contributed by atoms with Crippen LogP contribution in [0.2, 0.25) is 0 Å². The van der Waals surface area contributed by atoms with Gasteiger partial charge in [-0.25, -0.2) is 0 Å². The van der Waals surface area contributed by atoms with Gasteiger partial charge >= 0.3 is 0 Å². The number of aryl methyl sites for hydroxylation is 1. The van der Waals surface area contributed by atoms with Crippen LogP contribution in [0.25, 0.3) is 10.8 Å². The molecule has 0 saturated heterocycles. The van der Waals surface area contributed by atoms with E-state index in [4.69, 9.17) is 0 Å². The molecule has 90 valence electrons.